The van der Waals surface area contributed by atoms with Crippen LogP contribution >= 0.6 is 0 Å². The molecule has 2 heteroatoms. The van der Waals surface area contributed by atoms with E-state index < -0.39 is 0 Å². The highest BCUT2D eigenvalue weighted by atomic mass is 15.1. The molecular weight excluding hydrogens is 508 g/mol. The van der Waals surface area contributed by atoms with Gasteiger partial charge >= 0.3 is 0 Å². The Bertz CT molecular complexity index is 1690. The lowest BCUT2D eigenvalue weighted by Crippen LogP contribution is -2.29. The van der Waals surface area contributed by atoms with Crippen LogP contribution in [0.3, 0.4) is 0 Å². The first-order valence-electron chi connectivity index (χ1n) is 16.5. The Balaban J connectivity index is 1.56. The number of aryl methyl sites for hydroxylation is 2. The molecule has 0 bridgehead atoms. The van der Waals surface area contributed by atoms with Crippen molar-refractivity contribution < 1.29 is 0 Å². The second-order valence-electron chi connectivity index (χ2n) is 13.3. The summed E-state index contributed by atoms with van der Waals surface area (Å²) in [5, 5.41) is 5.65. The van der Waals surface area contributed by atoms with E-state index in [0.717, 1.165) is 13.1 Å². The fraction of sp³-hybridized carbons (Fsp3) is 0.400. The Morgan fingerprint density at radius 2 is 1.24 bits per heavy atom. The minimum Gasteiger partial charge on any atom is -0.372 e. The summed E-state index contributed by atoms with van der Waals surface area (Å²) >= 11 is 0. The standard InChI is InChI=1S/C40H46N2/c1-27-11-15-33(29(3)23-27)39-35-17-13-32(42-21-9-6-10-22-42)26-38(35)40(34-16-12-28(2)24-30(34)4)36-18-14-31(25-37(36)39)41-19-7-5-8-20-41/h11-18,23-26,29,33H,5-10,19-22H2,1-4H3. The lowest BCUT2D eigenvalue weighted by Gasteiger charge is -2.32. The van der Waals surface area contributed by atoms with Gasteiger partial charge in [-0.2, -0.15) is 0 Å². The molecular formula is C40H46N2. The topological polar surface area (TPSA) is 6.48 Å². The van der Waals surface area contributed by atoms with E-state index in [4.69, 9.17) is 0 Å². The number of hydrogen-bond donors (Lipinski definition) is 0. The second kappa shape index (κ2) is 11.3. The number of allylic oxidation sites excluding steroid dienone is 4. The normalized spacial score (nSPS) is 21.3. The molecule has 0 saturated carbocycles. The third-order valence-corrected chi connectivity index (χ3v) is 10.2. The zero-order valence-electron chi connectivity index (χ0n) is 26.0. The molecule has 42 heavy (non-hydrogen) atoms. The molecule has 2 heterocycles. The highest BCUT2D eigenvalue weighted by Gasteiger charge is 2.27. The van der Waals surface area contributed by atoms with E-state index in [2.05, 4.69) is 110 Å². The first-order valence-corrected chi connectivity index (χ1v) is 16.5. The summed E-state index contributed by atoms with van der Waals surface area (Å²) in [4.78, 5) is 5.24. The Hall–Kier alpha value is -3.52. The van der Waals surface area contributed by atoms with Crippen molar-refractivity contribution in [3.8, 4) is 11.1 Å². The number of fused-ring (bicyclic) bond motifs is 2. The van der Waals surface area contributed by atoms with E-state index in [-0.39, 0.29) is 0 Å². The summed E-state index contributed by atoms with van der Waals surface area (Å²) in [6.45, 7) is 13.8. The monoisotopic (exact) mass is 554 g/mol. The zero-order chi connectivity index (χ0) is 28.8. The summed E-state index contributed by atoms with van der Waals surface area (Å²) in [6, 6.07) is 21.9. The zero-order valence-corrected chi connectivity index (χ0v) is 26.0. The molecule has 2 fully saturated rings. The number of benzene rings is 4. The summed E-state index contributed by atoms with van der Waals surface area (Å²) < 4.78 is 0. The Morgan fingerprint density at radius 3 is 1.86 bits per heavy atom. The number of anilines is 2. The molecule has 4 aromatic carbocycles. The van der Waals surface area contributed by atoms with Crippen LogP contribution in [-0.4, -0.2) is 26.2 Å². The van der Waals surface area contributed by atoms with E-state index in [1.165, 1.54) is 118 Å². The van der Waals surface area contributed by atoms with Crippen LogP contribution in [0.5, 0.6) is 0 Å². The molecule has 0 radical (unpaired) electrons. The Morgan fingerprint density at radius 1 is 0.619 bits per heavy atom. The Labute approximate surface area is 252 Å². The van der Waals surface area contributed by atoms with Crippen molar-refractivity contribution >= 4 is 32.9 Å². The van der Waals surface area contributed by atoms with Crippen molar-refractivity contribution in [2.45, 2.75) is 72.1 Å². The molecule has 7 rings (SSSR count). The molecule has 0 spiro atoms. The fourth-order valence-electron chi connectivity index (χ4n) is 8.04. The van der Waals surface area contributed by atoms with Crippen molar-refractivity contribution in [3.05, 3.63) is 95.1 Å². The van der Waals surface area contributed by atoms with Gasteiger partial charge in [-0.3, -0.25) is 0 Å². The first kappa shape index (κ1) is 27.3. The predicted molar refractivity (Wildman–Crippen MR) is 183 cm³/mol. The number of rotatable bonds is 4. The molecule has 0 aromatic heterocycles. The average Bonchev–Trinajstić information content (AvgIpc) is 3.01. The number of hydrogen-bond acceptors (Lipinski definition) is 2. The molecule has 3 aliphatic rings. The van der Waals surface area contributed by atoms with E-state index in [9.17, 15) is 0 Å². The molecule has 216 valence electrons. The molecule has 0 amide bonds. The molecule has 2 unspecified atom stereocenters. The lowest BCUT2D eigenvalue weighted by molar-refractivity contribution is 0.578. The van der Waals surface area contributed by atoms with Gasteiger partial charge in [-0.1, -0.05) is 66.6 Å². The third kappa shape index (κ3) is 4.93. The first-order chi connectivity index (χ1) is 20.5. The molecule has 4 aromatic rings. The van der Waals surface area contributed by atoms with Gasteiger partial charge in [0.05, 0.1) is 0 Å². The summed E-state index contributed by atoms with van der Waals surface area (Å²) in [7, 11) is 0. The molecule has 1 aliphatic carbocycles. The average molecular weight is 555 g/mol. The second-order valence-corrected chi connectivity index (χ2v) is 13.3. The fourth-order valence-corrected chi connectivity index (χ4v) is 8.04. The van der Waals surface area contributed by atoms with E-state index >= 15 is 0 Å². The summed E-state index contributed by atoms with van der Waals surface area (Å²) in [5.74, 6) is 0.804. The lowest BCUT2D eigenvalue weighted by atomic mass is 9.76. The van der Waals surface area contributed by atoms with Crippen LogP contribution in [0.15, 0.2) is 78.4 Å². The molecule has 2 aliphatic heterocycles. The van der Waals surface area contributed by atoms with E-state index in [1.807, 2.05) is 0 Å². The van der Waals surface area contributed by atoms with Gasteiger partial charge in [0.15, 0.2) is 0 Å². The predicted octanol–water partition coefficient (Wildman–Crippen LogP) is 10.5. The van der Waals surface area contributed by atoms with E-state index in [0.29, 0.717) is 11.8 Å². The molecule has 0 N–H and O–H groups in total. The smallest absolute Gasteiger partial charge is 0.0372 e. The van der Waals surface area contributed by atoms with Crippen LogP contribution in [0.1, 0.15) is 75.0 Å². The number of nitrogens with zero attached hydrogens (tertiary/aromatic N) is 2. The van der Waals surface area contributed by atoms with Crippen LogP contribution in [0.4, 0.5) is 11.4 Å². The summed E-state index contributed by atoms with van der Waals surface area (Å²) in [6.07, 6.45) is 15.2. The number of piperidine rings is 2. The van der Waals surface area contributed by atoms with Crippen LogP contribution in [0.2, 0.25) is 0 Å². The SMILES string of the molecule is CC1=CC(C)C(c2c3ccc(N4CCCCC4)cc3c(-c3ccc(C)cc3C)c3ccc(N4CCCCC4)cc23)C=C1. The van der Waals surface area contributed by atoms with Crippen molar-refractivity contribution in [2.75, 3.05) is 36.0 Å². The maximum absolute atomic E-state index is 2.62. The van der Waals surface area contributed by atoms with Crippen molar-refractivity contribution in [1.29, 1.82) is 0 Å². The largest absolute Gasteiger partial charge is 0.372 e. The highest BCUT2D eigenvalue weighted by Crippen LogP contribution is 2.48. The van der Waals surface area contributed by atoms with Gasteiger partial charge in [-0.05, 0) is 133 Å². The van der Waals surface area contributed by atoms with Gasteiger partial charge in [-0.25, -0.2) is 0 Å². The van der Waals surface area contributed by atoms with Crippen LogP contribution in [0.25, 0.3) is 32.7 Å². The van der Waals surface area contributed by atoms with Crippen LogP contribution < -0.4 is 9.80 Å². The third-order valence-electron chi connectivity index (χ3n) is 10.2. The van der Waals surface area contributed by atoms with E-state index in [1.54, 1.807) is 0 Å². The molecule has 2 nitrogen and oxygen atoms in total. The maximum atomic E-state index is 2.62. The van der Waals surface area contributed by atoms with Crippen molar-refractivity contribution in [3.63, 3.8) is 0 Å². The summed E-state index contributed by atoms with van der Waals surface area (Å²) in [5.41, 5.74) is 11.1. The van der Waals surface area contributed by atoms with Gasteiger partial charge in [0, 0.05) is 43.5 Å². The minimum absolute atomic E-state index is 0.351. The van der Waals surface area contributed by atoms with Crippen molar-refractivity contribution in [1.82, 2.24) is 0 Å². The quantitative estimate of drug-likeness (QED) is 0.232. The van der Waals surface area contributed by atoms with Crippen LogP contribution in [-0.2, 0) is 0 Å². The van der Waals surface area contributed by atoms with Crippen molar-refractivity contribution in [2.24, 2.45) is 5.92 Å². The Kier molecular flexibility index (Phi) is 7.34. The highest BCUT2D eigenvalue weighted by molar-refractivity contribution is 6.17. The maximum Gasteiger partial charge on any atom is 0.0372 e. The molecule has 2 atom stereocenters. The van der Waals surface area contributed by atoms with Gasteiger partial charge in [0.1, 0.15) is 0 Å². The van der Waals surface area contributed by atoms with Gasteiger partial charge in [0.2, 0.25) is 0 Å². The molecule has 2 saturated heterocycles. The van der Waals surface area contributed by atoms with Gasteiger partial charge in [0.25, 0.3) is 0 Å². The van der Waals surface area contributed by atoms with Gasteiger partial charge < -0.3 is 9.80 Å². The van der Waals surface area contributed by atoms with Crippen LogP contribution in [0, 0.1) is 19.8 Å². The van der Waals surface area contributed by atoms with Gasteiger partial charge in [-0.15, -0.1) is 0 Å². The minimum atomic E-state index is 0.351.